The Morgan fingerprint density at radius 2 is 1.80 bits per heavy atom. The quantitative estimate of drug-likeness (QED) is 0.237. The van der Waals surface area contributed by atoms with E-state index in [2.05, 4.69) is 10.6 Å². The molecule has 0 aliphatic rings. The highest BCUT2D eigenvalue weighted by molar-refractivity contribution is 7.18. The van der Waals surface area contributed by atoms with Crippen LogP contribution in [0.1, 0.15) is 45.0 Å². The van der Waals surface area contributed by atoms with Crippen LogP contribution in [0.15, 0.2) is 30.3 Å². The van der Waals surface area contributed by atoms with Crippen LogP contribution in [0.2, 0.25) is 0 Å². The molecule has 0 radical (unpaired) electrons. The molecule has 2 N–H and O–H groups in total. The number of benzene rings is 1. The first-order valence-electron chi connectivity index (χ1n) is 9.02. The number of halogens is 3. The average Bonchev–Trinajstić information content (AvgIpc) is 2.98. The third-order valence-electron chi connectivity index (χ3n) is 4.06. The van der Waals surface area contributed by atoms with Crippen molar-refractivity contribution in [2.45, 2.75) is 37.2 Å². The van der Waals surface area contributed by atoms with Gasteiger partial charge in [0.25, 0.3) is 0 Å². The molecule has 0 saturated heterocycles. The van der Waals surface area contributed by atoms with Crippen LogP contribution in [-0.4, -0.2) is 34.2 Å². The van der Waals surface area contributed by atoms with Gasteiger partial charge in [-0.1, -0.05) is 65.1 Å². The second-order valence-corrected chi connectivity index (χ2v) is 9.78. The highest BCUT2D eigenvalue weighted by Gasteiger charge is 2.36. The zero-order chi connectivity index (χ0) is 22.5. The smallest absolute Gasteiger partial charge is 0.341 e. The Bertz CT molecular complexity index is 926. The maximum absolute atomic E-state index is 12.5. The Labute approximate surface area is 193 Å². The average molecular weight is 492 g/mol. The lowest BCUT2D eigenvalue weighted by Gasteiger charge is -2.27. The summed E-state index contributed by atoms with van der Waals surface area (Å²) in [5, 5.41) is 5.80. The molecule has 1 amide bonds. The van der Waals surface area contributed by atoms with Crippen molar-refractivity contribution >= 4 is 68.8 Å². The largest absolute Gasteiger partial charge is 0.462 e. The fraction of sp³-hybridized carbons (Fsp3) is 0.350. The minimum absolute atomic E-state index is 0.0761. The van der Waals surface area contributed by atoms with E-state index in [1.807, 2.05) is 18.2 Å². The Kier molecular flexibility index (Phi) is 8.55. The lowest BCUT2D eigenvalue weighted by atomic mass is 10.1. The summed E-state index contributed by atoms with van der Waals surface area (Å²) in [6.07, 6.45) is -1.09. The molecule has 6 nitrogen and oxygen atoms in total. The van der Waals surface area contributed by atoms with E-state index < -0.39 is 15.9 Å². The maximum Gasteiger partial charge on any atom is 0.341 e. The molecule has 0 spiro atoms. The van der Waals surface area contributed by atoms with Crippen LogP contribution in [0.3, 0.4) is 0 Å². The van der Waals surface area contributed by atoms with E-state index in [9.17, 15) is 14.4 Å². The summed E-state index contributed by atoms with van der Waals surface area (Å²) >= 11 is 19.3. The second kappa shape index (κ2) is 10.5. The lowest BCUT2D eigenvalue weighted by molar-refractivity contribution is -0.120. The van der Waals surface area contributed by atoms with E-state index in [4.69, 9.17) is 39.5 Å². The predicted octanol–water partition coefficient (Wildman–Crippen LogP) is 4.90. The Morgan fingerprint density at radius 3 is 2.33 bits per heavy atom. The third-order valence-corrected chi connectivity index (χ3v) is 6.04. The number of hydrogen-bond acceptors (Lipinski definition) is 6. The van der Waals surface area contributed by atoms with Gasteiger partial charge >= 0.3 is 5.97 Å². The van der Waals surface area contributed by atoms with Crippen molar-refractivity contribution < 1.29 is 19.1 Å². The molecule has 1 atom stereocenters. The molecule has 1 aromatic heterocycles. The van der Waals surface area contributed by atoms with E-state index >= 15 is 0 Å². The highest BCUT2D eigenvalue weighted by atomic mass is 35.6. The molecule has 0 aliphatic carbocycles. The van der Waals surface area contributed by atoms with Crippen molar-refractivity contribution in [3.63, 3.8) is 0 Å². The molecule has 0 aliphatic heterocycles. The van der Waals surface area contributed by atoms with E-state index in [0.717, 1.165) is 16.9 Å². The molecule has 0 bridgehead atoms. The summed E-state index contributed by atoms with van der Waals surface area (Å²) in [5.74, 6) is -1.21. The lowest BCUT2D eigenvalue weighted by Crippen LogP contribution is -2.49. The normalized spacial score (nSPS) is 12.2. The standard InChI is InChI=1S/C20H21Cl3N2O4S/c1-4-29-18(28)15-11(2)16(12(3)26)30-17(15)25-19(20(21,22)23)24-14(27)10-13-8-6-5-7-9-13/h5-9,19,25H,4,10H2,1-3H3,(H,24,27). The van der Waals surface area contributed by atoms with Gasteiger partial charge in [-0.25, -0.2) is 4.79 Å². The number of ether oxygens (including phenoxy) is 1. The number of hydrogen-bond donors (Lipinski definition) is 2. The number of rotatable bonds is 8. The van der Waals surface area contributed by atoms with Gasteiger partial charge < -0.3 is 15.4 Å². The fourth-order valence-corrected chi connectivity index (χ4v) is 4.17. The van der Waals surface area contributed by atoms with Crippen molar-refractivity contribution in [3.05, 3.63) is 51.9 Å². The minimum Gasteiger partial charge on any atom is -0.462 e. The number of amides is 1. The van der Waals surface area contributed by atoms with Gasteiger partial charge in [-0.2, -0.15) is 0 Å². The molecule has 1 aromatic carbocycles. The molecule has 1 unspecified atom stereocenters. The van der Waals surface area contributed by atoms with Gasteiger partial charge in [-0.3, -0.25) is 9.59 Å². The minimum atomic E-state index is -1.94. The molecule has 1 heterocycles. The van der Waals surface area contributed by atoms with Crippen molar-refractivity contribution in [1.29, 1.82) is 0 Å². The third kappa shape index (κ3) is 6.35. The summed E-state index contributed by atoms with van der Waals surface area (Å²) in [4.78, 5) is 37.3. The summed E-state index contributed by atoms with van der Waals surface area (Å²) in [5.41, 5.74) is 1.42. The number of anilines is 1. The fourth-order valence-electron chi connectivity index (χ4n) is 2.72. The van der Waals surface area contributed by atoms with E-state index in [-0.39, 0.29) is 35.3 Å². The molecule has 0 saturated carbocycles. The molecule has 30 heavy (non-hydrogen) atoms. The number of Topliss-reactive ketones (excluding diaryl/α,β-unsaturated/α-hetero) is 1. The van der Waals surface area contributed by atoms with Crippen LogP contribution >= 0.6 is 46.1 Å². The Morgan fingerprint density at radius 1 is 1.17 bits per heavy atom. The Balaban J connectivity index is 2.32. The SMILES string of the molecule is CCOC(=O)c1c(NC(NC(=O)Cc2ccccc2)C(Cl)(Cl)Cl)sc(C(C)=O)c1C. The number of esters is 1. The summed E-state index contributed by atoms with van der Waals surface area (Å²) in [6.45, 7) is 4.87. The number of nitrogens with one attached hydrogen (secondary N) is 2. The number of carbonyl (C=O) groups is 3. The topological polar surface area (TPSA) is 84.5 Å². The van der Waals surface area contributed by atoms with Gasteiger partial charge in [0.1, 0.15) is 11.2 Å². The monoisotopic (exact) mass is 490 g/mol. The van der Waals surface area contributed by atoms with Gasteiger partial charge in [-0.15, -0.1) is 11.3 Å². The zero-order valence-corrected chi connectivity index (χ0v) is 19.6. The van der Waals surface area contributed by atoms with Crippen LogP contribution in [0.5, 0.6) is 0 Å². The van der Waals surface area contributed by atoms with Crippen molar-refractivity contribution in [3.8, 4) is 0 Å². The number of carbonyl (C=O) groups excluding carboxylic acids is 3. The van der Waals surface area contributed by atoms with Crippen molar-refractivity contribution in [1.82, 2.24) is 5.32 Å². The number of thiophene rings is 1. The van der Waals surface area contributed by atoms with E-state index in [1.54, 1.807) is 26.0 Å². The highest BCUT2D eigenvalue weighted by Crippen LogP contribution is 2.38. The first-order valence-corrected chi connectivity index (χ1v) is 11.0. The van der Waals surface area contributed by atoms with E-state index in [1.165, 1.54) is 6.92 Å². The Hall–Kier alpha value is -1.80. The summed E-state index contributed by atoms with van der Waals surface area (Å²) in [6, 6.07) is 9.08. The van der Waals surface area contributed by atoms with Gasteiger partial charge in [-0.05, 0) is 31.9 Å². The van der Waals surface area contributed by atoms with Gasteiger partial charge in [0.15, 0.2) is 5.78 Å². The molecule has 2 aromatic rings. The summed E-state index contributed by atoms with van der Waals surface area (Å²) < 4.78 is 3.16. The first kappa shape index (κ1) is 24.5. The molecule has 10 heteroatoms. The zero-order valence-electron chi connectivity index (χ0n) is 16.6. The maximum atomic E-state index is 12.5. The predicted molar refractivity (Wildman–Crippen MR) is 121 cm³/mol. The van der Waals surface area contributed by atoms with Crippen molar-refractivity contribution in [2.75, 3.05) is 11.9 Å². The van der Waals surface area contributed by atoms with Crippen LogP contribution < -0.4 is 10.6 Å². The molecular weight excluding hydrogens is 471 g/mol. The first-order chi connectivity index (χ1) is 14.0. The van der Waals surface area contributed by atoms with Gasteiger partial charge in [0.2, 0.25) is 9.70 Å². The molecular formula is C20H21Cl3N2O4S. The van der Waals surface area contributed by atoms with Crippen LogP contribution in [0.4, 0.5) is 5.00 Å². The van der Waals surface area contributed by atoms with Crippen LogP contribution in [0.25, 0.3) is 0 Å². The van der Waals surface area contributed by atoms with E-state index in [0.29, 0.717) is 10.4 Å². The van der Waals surface area contributed by atoms with Gasteiger partial charge in [0, 0.05) is 0 Å². The summed E-state index contributed by atoms with van der Waals surface area (Å²) in [7, 11) is 0. The van der Waals surface area contributed by atoms with Crippen LogP contribution in [-0.2, 0) is 16.0 Å². The molecule has 162 valence electrons. The van der Waals surface area contributed by atoms with Gasteiger partial charge in [0.05, 0.1) is 23.5 Å². The molecule has 0 fully saturated rings. The molecule has 2 rings (SSSR count). The van der Waals surface area contributed by atoms with Crippen LogP contribution in [0, 0.1) is 6.92 Å². The second-order valence-electron chi connectivity index (χ2n) is 6.39. The number of ketones is 1. The number of alkyl halides is 3. The van der Waals surface area contributed by atoms with Crippen molar-refractivity contribution in [2.24, 2.45) is 0 Å².